The van der Waals surface area contributed by atoms with E-state index in [2.05, 4.69) is 0 Å². The quantitative estimate of drug-likeness (QED) is 0.790. The summed E-state index contributed by atoms with van der Waals surface area (Å²) < 4.78 is 0. The summed E-state index contributed by atoms with van der Waals surface area (Å²) >= 11 is 0. The fourth-order valence-corrected chi connectivity index (χ4v) is 1.63. The zero-order valence-corrected chi connectivity index (χ0v) is 10.3. The molecule has 0 aliphatic heterocycles. The number of carboxylic acid groups (broad SMARTS) is 1. The topological polar surface area (TPSA) is 60.8 Å². The van der Waals surface area contributed by atoms with E-state index >= 15 is 0 Å². The molecule has 0 saturated carbocycles. The molecule has 1 unspecified atom stereocenters. The van der Waals surface area contributed by atoms with Gasteiger partial charge >= 0.3 is 5.97 Å². The van der Waals surface area contributed by atoms with Crippen molar-refractivity contribution in [2.75, 3.05) is 18.0 Å². The molecule has 2 N–H and O–H groups in total. The van der Waals surface area contributed by atoms with Crippen molar-refractivity contribution < 1.29 is 15.0 Å². The highest BCUT2D eigenvalue weighted by atomic mass is 16.4. The van der Waals surface area contributed by atoms with Crippen molar-refractivity contribution in [3.05, 3.63) is 29.8 Å². The summed E-state index contributed by atoms with van der Waals surface area (Å²) in [5, 5.41) is 18.1. The highest BCUT2D eigenvalue weighted by Gasteiger charge is 2.10. The lowest BCUT2D eigenvalue weighted by Crippen LogP contribution is -2.32. The van der Waals surface area contributed by atoms with Crippen molar-refractivity contribution in [2.45, 2.75) is 26.4 Å². The number of aryl methyl sites for hydroxylation is 1. The number of hydrogen-bond acceptors (Lipinski definition) is 3. The summed E-state index contributed by atoms with van der Waals surface area (Å²) in [6.07, 6.45) is -0.411. The van der Waals surface area contributed by atoms with E-state index in [-0.39, 0.29) is 6.42 Å². The van der Waals surface area contributed by atoms with Gasteiger partial charge in [0, 0.05) is 18.8 Å². The van der Waals surface area contributed by atoms with E-state index in [4.69, 9.17) is 5.11 Å². The number of nitrogens with zero attached hydrogens (tertiary/aromatic N) is 1. The number of rotatable bonds is 6. The van der Waals surface area contributed by atoms with Gasteiger partial charge in [0.05, 0.1) is 12.5 Å². The van der Waals surface area contributed by atoms with E-state index in [9.17, 15) is 9.90 Å². The Morgan fingerprint density at radius 3 is 2.41 bits per heavy atom. The summed E-state index contributed by atoms with van der Waals surface area (Å²) in [5.41, 5.74) is 2.10. The lowest BCUT2D eigenvalue weighted by molar-refractivity contribution is -0.136. The second kappa shape index (κ2) is 6.25. The third-order valence-electron chi connectivity index (χ3n) is 2.48. The predicted molar refractivity (Wildman–Crippen MR) is 67.3 cm³/mol. The van der Waals surface area contributed by atoms with Crippen LogP contribution in [0.3, 0.4) is 0 Å². The normalized spacial score (nSPS) is 12.2. The van der Waals surface area contributed by atoms with Crippen molar-refractivity contribution in [3.63, 3.8) is 0 Å². The summed E-state index contributed by atoms with van der Waals surface area (Å²) in [7, 11) is 0. The maximum absolute atomic E-state index is 10.6. The number of carboxylic acids is 1. The van der Waals surface area contributed by atoms with Crippen molar-refractivity contribution in [3.8, 4) is 0 Å². The van der Waals surface area contributed by atoms with Crippen LogP contribution in [0.5, 0.6) is 0 Å². The van der Waals surface area contributed by atoms with E-state index in [1.54, 1.807) is 6.92 Å². The lowest BCUT2D eigenvalue weighted by Gasteiger charge is -2.25. The van der Waals surface area contributed by atoms with E-state index in [0.29, 0.717) is 13.1 Å². The minimum Gasteiger partial charge on any atom is -0.481 e. The number of benzene rings is 1. The van der Waals surface area contributed by atoms with Gasteiger partial charge in [-0.3, -0.25) is 4.79 Å². The van der Waals surface area contributed by atoms with Crippen LogP contribution in [0.1, 0.15) is 18.9 Å². The molecule has 1 rings (SSSR count). The van der Waals surface area contributed by atoms with Gasteiger partial charge in [-0.05, 0) is 26.0 Å². The molecule has 0 aliphatic rings. The molecule has 0 aromatic heterocycles. The maximum Gasteiger partial charge on any atom is 0.305 e. The van der Waals surface area contributed by atoms with Gasteiger partial charge < -0.3 is 15.1 Å². The molecule has 0 heterocycles. The van der Waals surface area contributed by atoms with Crippen LogP contribution in [0.2, 0.25) is 0 Å². The van der Waals surface area contributed by atoms with Gasteiger partial charge in [-0.25, -0.2) is 0 Å². The molecule has 0 aliphatic carbocycles. The third kappa shape index (κ3) is 4.87. The van der Waals surface area contributed by atoms with Crippen molar-refractivity contribution in [1.29, 1.82) is 0 Å². The van der Waals surface area contributed by atoms with Gasteiger partial charge in [0.25, 0.3) is 0 Å². The molecule has 1 aromatic rings. The average molecular weight is 237 g/mol. The minimum absolute atomic E-state index is 0.0700. The Bertz CT molecular complexity index is 359. The molecule has 4 heteroatoms. The van der Waals surface area contributed by atoms with Crippen LogP contribution in [0, 0.1) is 6.92 Å². The second-order valence-electron chi connectivity index (χ2n) is 4.27. The smallest absolute Gasteiger partial charge is 0.305 e. The van der Waals surface area contributed by atoms with Crippen LogP contribution < -0.4 is 4.90 Å². The van der Waals surface area contributed by atoms with E-state index in [1.807, 2.05) is 36.1 Å². The lowest BCUT2D eigenvalue weighted by atomic mass is 10.2. The molecule has 4 nitrogen and oxygen atoms in total. The monoisotopic (exact) mass is 237 g/mol. The Morgan fingerprint density at radius 1 is 1.35 bits per heavy atom. The Balaban J connectivity index is 2.74. The van der Waals surface area contributed by atoms with Gasteiger partial charge in [-0.2, -0.15) is 0 Å². The van der Waals surface area contributed by atoms with Gasteiger partial charge in [0.1, 0.15) is 0 Å². The number of aliphatic hydroxyl groups excluding tert-OH is 1. The minimum atomic E-state index is -0.826. The summed E-state index contributed by atoms with van der Waals surface area (Å²) in [6, 6.07) is 7.84. The first-order chi connectivity index (χ1) is 7.99. The van der Waals surface area contributed by atoms with Crippen molar-refractivity contribution >= 4 is 11.7 Å². The van der Waals surface area contributed by atoms with Crippen molar-refractivity contribution in [2.24, 2.45) is 0 Å². The van der Waals surface area contributed by atoms with E-state index < -0.39 is 12.1 Å². The number of aliphatic carboxylic acids is 1. The molecule has 0 fully saturated rings. The molecular formula is C13H19NO3. The standard InChI is InChI=1S/C13H19NO3/c1-10-3-5-12(6-4-10)14(9-11(2)15)8-7-13(16)17/h3-6,11,15H,7-9H2,1-2H3,(H,16,17). The zero-order chi connectivity index (χ0) is 12.8. The van der Waals surface area contributed by atoms with Crippen LogP contribution in [-0.2, 0) is 4.79 Å². The molecule has 0 saturated heterocycles. The molecule has 1 atom stereocenters. The molecule has 0 radical (unpaired) electrons. The molecule has 0 spiro atoms. The fourth-order valence-electron chi connectivity index (χ4n) is 1.63. The predicted octanol–water partition coefficient (Wildman–Crippen LogP) is 1.66. The molecule has 0 amide bonds. The van der Waals surface area contributed by atoms with Crippen molar-refractivity contribution in [1.82, 2.24) is 0 Å². The van der Waals surface area contributed by atoms with E-state index in [0.717, 1.165) is 11.3 Å². The summed E-state index contributed by atoms with van der Waals surface area (Å²) in [4.78, 5) is 12.5. The Kier molecular flexibility index (Phi) is 4.97. The average Bonchev–Trinajstić information content (AvgIpc) is 2.25. The maximum atomic E-state index is 10.6. The van der Waals surface area contributed by atoms with Crippen LogP contribution in [0.15, 0.2) is 24.3 Å². The second-order valence-corrected chi connectivity index (χ2v) is 4.27. The number of aliphatic hydroxyl groups is 1. The number of anilines is 1. The Morgan fingerprint density at radius 2 is 1.94 bits per heavy atom. The van der Waals surface area contributed by atoms with Gasteiger partial charge in [0.2, 0.25) is 0 Å². The zero-order valence-electron chi connectivity index (χ0n) is 10.3. The summed E-state index contributed by atoms with van der Waals surface area (Å²) in [5.74, 6) is -0.826. The number of carbonyl (C=O) groups is 1. The Hall–Kier alpha value is -1.55. The highest BCUT2D eigenvalue weighted by Crippen LogP contribution is 2.15. The third-order valence-corrected chi connectivity index (χ3v) is 2.48. The van der Waals surface area contributed by atoms with Gasteiger partial charge in [0.15, 0.2) is 0 Å². The molecule has 0 bridgehead atoms. The first-order valence-corrected chi connectivity index (χ1v) is 5.70. The largest absolute Gasteiger partial charge is 0.481 e. The Labute approximate surface area is 101 Å². The molecule has 94 valence electrons. The van der Waals surface area contributed by atoms with Crippen LogP contribution in [0.4, 0.5) is 5.69 Å². The van der Waals surface area contributed by atoms with Gasteiger partial charge in [-0.1, -0.05) is 17.7 Å². The van der Waals surface area contributed by atoms with E-state index in [1.165, 1.54) is 0 Å². The van der Waals surface area contributed by atoms with Crippen LogP contribution in [0.25, 0.3) is 0 Å². The highest BCUT2D eigenvalue weighted by molar-refractivity contribution is 5.67. The van der Waals surface area contributed by atoms with Crippen LogP contribution >= 0.6 is 0 Å². The number of hydrogen-bond donors (Lipinski definition) is 2. The molecule has 1 aromatic carbocycles. The first kappa shape index (κ1) is 13.5. The fraction of sp³-hybridized carbons (Fsp3) is 0.462. The van der Waals surface area contributed by atoms with Crippen LogP contribution in [-0.4, -0.2) is 35.4 Å². The first-order valence-electron chi connectivity index (χ1n) is 5.70. The molecule has 17 heavy (non-hydrogen) atoms. The summed E-state index contributed by atoms with van der Waals surface area (Å²) in [6.45, 7) is 4.54. The van der Waals surface area contributed by atoms with Gasteiger partial charge in [-0.15, -0.1) is 0 Å². The molecular weight excluding hydrogens is 218 g/mol. The SMILES string of the molecule is Cc1ccc(N(CCC(=O)O)CC(C)O)cc1.